The molecule has 1 fully saturated rings. The highest BCUT2D eigenvalue weighted by molar-refractivity contribution is 5.43. The average Bonchev–Trinajstić information content (AvgIpc) is 2.68. The molecule has 0 heteroatoms. The molecule has 0 N–H and O–H groups in total. The van der Waals surface area contributed by atoms with E-state index in [1.165, 1.54) is 23.1 Å². The van der Waals surface area contributed by atoms with Gasteiger partial charge in [0.2, 0.25) is 0 Å². The Balaban J connectivity index is 2.38. The topological polar surface area (TPSA) is 0 Å². The third kappa shape index (κ3) is 1.09. The van der Waals surface area contributed by atoms with Crippen LogP contribution in [0.1, 0.15) is 23.5 Å². The lowest BCUT2D eigenvalue weighted by Crippen LogP contribution is -1.83. The Hall–Kier alpha value is -1.04. The zero-order valence-electron chi connectivity index (χ0n) is 6.80. The Labute approximate surface area is 67.6 Å². The summed E-state index contributed by atoms with van der Waals surface area (Å²) in [7, 11) is 0. The molecule has 0 radical (unpaired) electrons. The van der Waals surface area contributed by atoms with E-state index in [4.69, 9.17) is 0 Å². The molecule has 0 heterocycles. The molecular formula is C11H12. The van der Waals surface area contributed by atoms with Gasteiger partial charge in [-0.3, -0.25) is 0 Å². The van der Waals surface area contributed by atoms with Gasteiger partial charge < -0.3 is 0 Å². The molecule has 1 unspecified atom stereocenters. The molecule has 1 aromatic carbocycles. The lowest BCUT2D eigenvalue weighted by atomic mass is 10.0. The second-order valence-electron chi connectivity index (χ2n) is 3.27. The minimum absolute atomic E-state index is 0.677. The minimum Gasteiger partial charge on any atom is -0.0992 e. The van der Waals surface area contributed by atoms with E-state index in [9.17, 15) is 0 Å². The van der Waals surface area contributed by atoms with Crippen LogP contribution in [0.2, 0.25) is 0 Å². The van der Waals surface area contributed by atoms with E-state index in [0.29, 0.717) is 5.92 Å². The smallest absolute Gasteiger partial charge is 0.00857 e. The number of benzene rings is 1. The third-order valence-corrected chi connectivity index (χ3v) is 2.36. The summed E-state index contributed by atoms with van der Waals surface area (Å²) in [5.74, 6) is 0.677. The van der Waals surface area contributed by atoms with Crippen molar-refractivity contribution in [3.63, 3.8) is 0 Å². The maximum atomic E-state index is 3.97. The zero-order valence-corrected chi connectivity index (χ0v) is 6.80. The lowest BCUT2D eigenvalue weighted by Gasteiger charge is -2.00. The normalized spacial score (nSPS) is 21.9. The van der Waals surface area contributed by atoms with Crippen LogP contribution in [0, 0.1) is 6.92 Å². The van der Waals surface area contributed by atoms with Crippen molar-refractivity contribution in [2.24, 2.45) is 0 Å². The highest BCUT2D eigenvalue weighted by Gasteiger charge is 2.29. The SMILES string of the molecule is C=C1CC1c1ccccc1C. The van der Waals surface area contributed by atoms with Gasteiger partial charge in [0, 0.05) is 5.92 Å². The molecule has 0 aliphatic heterocycles. The van der Waals surface area contributed by atoms with Crippen molar-refractivity contribution in [1.82, 2.24) is 0 Å². The van der Waals surface area contributed by atoms with Crippen molar-refractivity contribution >= 4 is 0 Å². The second-order valence-corrected chi connectivity index (χ2v) is 3.27. The summed E-state index contributed by atoms with van der Waals surface area (Å²) in [6.45, 7) is 6.13. The molecule has 0 spiro atoms. The average molecular weight is 144 g/mol. The first kappa shape index (κ1) is 6.66. The maximum absolute atomic E-state index is 3.97. The van der Waals surface area contributed by atoms with Gasteiger partial charge in [-0.2, -0.15) is 0 Å². The Morgan fingerprint density at radius 1 is 1.36 bits per heavy atom. The van der Waals surface area contributed by atoms with Gasteiger partial charge in [0.1, 0.15) is 0 Å². The summed E-state index contributed by atoms with van der Waals surface area (Å²) in [5, 5.41) is 0. The molecule has 0 saturated heterocycles. The molecule has 0 aromatic heterocycles. The number of hydrogen-bond donors (Lipinski definition) is 0. The van der Waals surface area contributed by atoms with Crippen LogP contribution in [0.15, 0.2) is 36.4 Å². The standard InChI is InChI=1S/C11H12/c1-8-5-3-4-6-10(8)11-7-9(11)2/h3-6,11H,2,7H2,1H3. The van der Waals surface area contributed by atoms with Crippen molar-refractivity contribution < 1.29 is 0 Å². The highest BCUT2D eigenvalue weighted by atomic mass is 14.3. The van der Waals surface area contributed by atoms with Crippen LogP contribution in [0.3, 0.4) is 0 Å². The van der Waals surface area contributed by atoms with E-state index < -0.39 is 0 Å². The van der Waals surface area contributed by atoms with Gasteiger partial charge in [-0.25, -0.2) is 0 Å². The van der Waals surface area contributed by atoms with Gasteiger partial charge in [-0.15, -0.1) is 0 Å². The first-order chi connectivity index (χ1) is 5.29. The summed E-state index contributed by atoms with van der Waals surface area (Å²) >= 11 is 0. The van der Waals surface area contributed by atoms with Crippen LogP contribution in [-0.2, 0) is 0 Å². The van der Waals surface area contributed by atoms with E-state index in [-0.39, 0.29) is 0 Å². The van der Waals surface area contributed by atoms with Crippen molar-refractivity contribution in [2.45, 2.75) is 19.3 Å². The fraction of sp³-hybridized carbons (Fsp3) is 0.273. The van der Waals surface area contributed by atoms with Crippen LogP contribution >= 0.6 is 0 Å². The molecular weight excluding hydrogens is 132 g/mol. The monoisotopic (exact) mass is 144 g/mol. The van der Waals surface area contributed by atoms with Gasteiger partial charge in [0.05, 0.1) is 0 Å². The van der Waals surface area contributed by atoms with E-state index in [1.54, 1.807) is 0 Å². The molecule has 0 amide bonds. The van der Waals surface area contributed by atoms with Gasteiger partial charge in [0.25, 0.3) is 0 Å². The number of aryl methyl sites for hydroxylation is 1. The predicted octanol–water partition coefficient (Wildman–Crippen LogP) is 3.04. The van der Waals surface area contributed by atoms with E-state index in [1.807, 2.05) is 0 Å². The van der Waals surface area contributed by atoms with E-state index >= 15 is 0 Å². The number of rotatable bonds is 1. The Morgan fingerprint density at radius 3 is 2.55 bits per heavy atom. The van der Waals surface area contributed by atoms with Crippen LogP contribution in [-0.4, -0.2) is 0 Å². The van der Waals surface area contributed by atoms with Crippen molar-refractivity contribution in [2.75, 3.05) is 0 Å². The first-order valence-electron chi connectivity index (χ1n) is 4.02. The fourth-order valence-corrected chi connectivity index (χ4v) is 1.51. The zero-order chi connectivity index (χ0) is 7.84. The summed E-state index contributed by atoms with van der Waals surface area (Å²) in [6, 6.07) is 8.57. The number of allylic oxidation sites excluding steroid dienone is 1. The fourth-order valence-electron chi connectivity index (χ4n) is 1.51. The minimum atomic E-state index is 0.677. The molecule has 1 aliphatic rings. The third-order valence-electron chi connectivity index (χ3n) is 2.36. The molecule has 1 aromatic rings. The summed E-state index contributed by atoms with van der Waals surface area (Å²) in [5.41, 5.74) is 4.26. The first-order valence-corrected chi connectivity index (χ1v) is 4.02. The molecule has 1 atom stereocenters. The summed E-state index contributed by atoms with van der Waals surface area (Å²) in [4.78, 5) is 0. The maximum Gasteiger partial charge on any atom is 0.00857 e. The van der Waals surface area contributed by atoms with Crippen molar-refractivity contribution in [3.8, 4) is 0 Å². The van der Waals surface area contributed by atoms with Gasteiger partial charge in [0.15, 0.2) is 0 Å². The molecule has 1 saturated carbocycles. The van der Waals surface area contributed by atoms with Crippen LogP contribution in [0.5, 0.6) is 0 Å². The largest absolute Gasteiger partial charge is 0.0992 e. The molecule has 1 aliphatic carbocycles. The van der Waals surface area contributed by atoms with Gasteiger partial charge in [-0.05, 0) is 24.5 Å². The summed E-state index contributed by atoms with van der Waals surface area (Å²) < 4.78 is 0. The Morgan fingerprint density at radius 2 is 2.00 bits per heavy atom. The predicted molar refractivity (Wildman–Crippen MR) is 47.7 cm³/mol. The van der Waals surface area contributed by atoms with Crippen LogP contribution in [0.4, 0.5) is 0 Å². The van der Waals surface area contributed by atoms with E-state index in [2.05, 4.69) is 37.8 Å². The van der Waals surface area contributed by atoms with Crippen LogP contribution < -0.4 is 0 Å². The molecule has 0 bridgehead atoms. The Bertz CT molecular complexity index is 297. The van der Waals surface area contributed by atoms with E-state index in [0.717, 1.165) is 0 Å². The highest BCUT2D eigenvalue weighted by Crippen LogP contribution is 2.46. The summed E-state index contributed by atoms with van der Waals surface area (Å²) in [6.07, 6.45) is 1.20. The molecule has 56 valence electrons. The Kier molecular flexibility index (Phi) is 1.35. The molecule has 2 rings (SSSR count). The lowest BCUT2D eigenvalue weighted by molar-refractivity contribution is 1.13. The second kappa shape index (κ2) is 2.23. The van der Waals surface area contributed by atoms with Crippen LogP contribution in [0.25, 0.3) is 0 Å². The van der Waals surface area contributed by atoms with Crippen molar-refractivity contribution in [1.29, 1.82) is 0 Å². The van der Waals surface area contributed by atoms with Gasteiger partial charge in [-0.1, -0.05) is 36.4 Å². The molecule has 11 heavy (non-hydrogen) atoms. The van der Waals surface area contributed by atoms with Gasteiger partial charge >= 0.3 is 0 Å². The van der Waals surface area contributed by atoms with Crippen molar-refractivity contribution in [3.05, 3.63) is 47.5 Å². The number of hydrogen-bond acceptors (Lipinski definition) is 0. The molecule has 0 nitrogen and oxygen atoms in total. The quantitative estimate of drug-likeness (QED) is 0.531.